The molecule has 2 rings (SSSR count). The molecule has 1 fully saturated rings. The molecule has 8 heteroatoms. The quantitative estimate of drug-likeness (QED) is 0.871. The smallest absolute Gasteiger partial charge is 0.335 e. The van der Waals surface area contributed by atoms with Crippen molar-refractivity contribution < 1.29 is 27.1 Å². The molecule has 0 spiro atoms. The van der Waals surface area contributed by atoms with Gasteiger partial charge in [0.1, 0.15) is 4.90 Å². The molecule has 1 aliphatic carbocycles. The van der Waals surface area contributed by atoms with E-state index in [0.29, 0.717) is 12.1 Å². The van der Waals surface area contributed by atoms with Gasteiger partial charge in [0.15, 0.2) is 11.6 Å². The van der Waals surface area contributed by atoms with E-state index in [1.807, 2.05) is 0 Å². The summed E-state index contributed by atoms with van der Waals surface area (Å²) in [5.41, 5.74) is -1.43. The van der Waals surface area contributed by atoms with Crippen LogP contribution in [0.2, 0.25) is 0 Å². The van der Waals surface area contributed by atoms with Crippen molar-refractivity contribution in [3.63, 3.8) is 0 Å². The Kier molecular flexibility index (Phi) is 3.79. The molecule has 0 saturated heterocycles. The van der Waals surface area contributed by atoms with E-state index >= 15 is 0 Å². The lowest BCUT2D eigenvalue weighted by molar-refractivity contribution is 0.0696. The molecule has 0 radical (unpaired) electrons. The van der Waals surface area contributed by atoms with Crippen LogP contribution in [0.25, 0.3) is 0 Å². The first-order valence-electron chi connectivity index (χ1n) is 6.31. The molecule has 0 heterocycles. The second-order valence-corrected chi connectivity index (χ2v) is 7.33. The first-order valence-corrected chi connectivity index (χ1v) is 7.79. The zero-order valence-corrected chi connectivity index (χ0v) is 12.3. The number of benzene rings is 1. The molecule has 1 saturated carbocycles. The summed E-state index contributed by atoms with van der Waals surface area (Å²) in [4.78, 5) is 9.85. The van der Waals surface area contributed by atoms with Gasteiger partial charge < -0.3 is 5.11 Å². The van der Waals surface area contributed by atoms with E-state index in [2.05, 4.69) is 4.72 Å². The second kappa shape index (κ2) is 5.03. The van der Waals surface area contributed by atoms with E-state index in [4.69, 9.17) is 5.11 Å². The van der Waals surface area contributed by atoms with Crippen LogP contribution in [0.3, 0.4) is 0 Å². The summed E-state index contributed by atoms with van der Waals surface area (Å²) in [7, 11) is -4.36. The Labute approximate surface area is 121 Å². The Bertz CT molecular complexity index is 696. The molecule has 1 aromatic carbocycles. The zero-order chi connectivity index (χ0) is 16.0. The van der Waals surface area contributed by atoms with E-state index < -0.39 is 43.6 Å². The van der Waals surface area contributed by atoms with Crippen molar-refractivity contribution in [1.29, 1.82) is 0 Å². The van der Waals surface area contributed by atoms with Crippen LogP contribution in [0.4, 0.5) is 8.78 Å². The Balaban J connectivity index is 2.46. The number of carbonyl (C=O) groups is 1. The molecule has 0 atom stereocenters. The number of carboxylic acid groups (broad SMARTS) is 1. The minimum absolute atomic E-state index is 0.128. The van der Waals surface area contributed by atoms with Crippen LogP contribution in [0, 0.1) is 17.6 Å². The van der Waals surface area contributed by atoms with E-state index in [0.717, 1.165) is 12.8 Å². The average Bonchev–Trinajstić information content (AvgIpc) is 3.14. The van der Waals surface area contributed by atoms with Crippen molar-refractivity contribution in [2.24, 2.45) is 5.92 Å². The molecule has 116 valence electrons. The Morgan fingerprint density at radius 2 is 1.90 bits per heavy atom. The average molecular weight is 319 g/mol. The van der Waals surface area contributed by atoms with Crippen molar-refractivity contribution in [2.75, 3.05) is 0 Å². The van der Waals surface area contributed by atoms with Crippen LogP contribution in [-0.2, 0) is 10.0 Å². The Morgan fingerprint density at radius 3 is 2.38 bits per heavy atom. The number of nitrogens with one attached hydrogen (secondary N) is 1. The Morgan fingerprint density at radius 1 is 1.33 bits per heavy atom. The van der Waals surface area contributed by atoms with Crippen molar-refractivity contribution in [3.8, 4) is 0 Å². The van der Waals surface area contributed by atoms with Gasteiger partial charge in [0.2, 0.25) is 10.0 Å². The number of hydrogen-bond acceptors (Lipinski definition) is 3. The summed E-state index contributed by atoms with van der Waals surface area (Å²) < 4.78 is 53.9. The van der Waals surface area contributed by atoms with E-state index in [1.165, 1.54) is 0 Å². The highest BCUT2D eigenvalue weighted by molar-refractivity contribution is 7.89. The molecule has 1 aliphatic rings. The summed E-state index contributed by atoms with van der Waals surface area (Å²) in [5.74, 6) is -4.51. The molecule has 0 bridgehead atoms. The first kappa shape index (κ1) is 15.8. The van der Waals surface area contributed by atoms with Crippen molar-refractivity contribution in [2.45, 2.75) is 37.1 Å². The largest absolute Gasteiger partial charge is 0.478 e. The van der Waals surface area contributed by atoms with Gasteiger partial charge in [-0.3, -0.25) is 0 Å². The third-order valence-corrected chi connectivity index (χ3v) is 5.20. The van der Waals surface area contributed by atoms with Crippen LogP contribution in [-0.4, -0.2) is 25.0 Å². The molecule has 2 N–H and O–H groups in total. The summed E-state index contributed by atoms with van der Waals surface area (Å²) in [6.07, 6.45) is 1.70. The van der Waals surface area contributed by atoms with Gasteiger partial charge in [-0.05, 0) is 44.7 Å². The van der Waals surface area contributed by atoms with Crippen molar-refractivity contribution in [3.05, 3.63) is 29.3 Å². The summed E-state index contributed by atoms with van der Waals surface area (Å²) >= 11 is 0. The fourth-order valence-corrected chi connectivity index (χ4v) is 3.76. The molecule has 0 unspecified atom stereocenters. The van der Waals surface area contributed by atoms with Crippen LogP contribution < -0.4 is 4.72 Å². The van der Waals surface area contributed by atoms with Gasteiger partial charge in [0.05, 0.1) is 5.56 Å². The molecular formula is C13H15F2NO4S. The van der Waals surface area contributed by atoms with Gasteiger partial charge in [-0.15, -0.1) is 0 Å². The van der Waals surface area contributed by atoms with Gasteiger partial charge in [-0.2, -0.15) is 0 Å². The fraction of sp³-hybridized carbons (Fsp3) is 0.462. The second-order valence-electron chi connectivity index (χ2n) is 5.68. The SMILES string of the molecule is CC(C)(NS(=O)(=O)c1cc(C(=O)O)cc(F)c1F)C1CC1. The van der Waals surface area contributed by atoms with Crippen LogP contribution in [0.15, 0.2) is 17.0 Å². The summed E-state index contributed by atoms with van der Waals surface area (Å²) in [6.45, 7) is 3.30. The Hall–Kier alpha value is -1.54. The zero-order valence-electron chi connectivity index (χ0n) is 11.5. The maximum Gasteiger partial charge on any atom is 0.335 e. The fourth-order valence-electron chi connectivity index (χ4n) is 2.17. The predicted octanol–water partition coefficient (Wildman–Crippen LogP) is 2.13. The molecule has 0 amide bonds. The summed E-state index contributed by atoms with van der Waals surface area (Å²) in [6, 6.07) is 1.06. The normalized spacial score (nSPS) is 16.0. The maximum atomic E-state index is 13.7. The maximum absolute atomic E-state index is 13.7. The van der Waals surface area contributed by atoms with Crippen LogP contribution in [0.5, 0.6) is 0 Å². The molecule has 0 aromatic heterocycles. The lowest BCUT2D eigenvalue weighted by Crippen LogP contribution is -2.45. The van der Waals surface area contributed by atoms with Crippen LogP contribution >= 0.6 is 0 Å². The third-order valence-electron chi connectivity index (χ3n) is 3.53. The monoisotopic (exact) mass is 319 g/mol. The number of hydrogen-bond donors (Lipinski definition) is 2. The molecule has 1 aromatic rings. The van der Waals surface area contributed by atoms with Crippen molar-refractivity contribution >= 4 is 16.0 Å². The number of sulfonamides is 1. The standard InChI is InChI=1S/C13H15F2NO4S/c1-13(2,8-3-4-8)16-21(19,20)10-6-7(12(17)18)5-9(14)11(10)15/h5-6,8,16H,3-4H2,1-2H3,(H,17,18). The van der Waals surface area contributed by atoms with Gasteiger partial charge in [0, 0.05) is 5.54 Å². The molecule has 5 nitrogen and oxygen atoms in total. The summed E-state index contributed by atoms with van der Waals surface area (Å²) in [5, 5.41) is 8.82. The highest BCUT2D eigenvalue weighted by Gasteiger charge is 2.41. The third kappa shape index (κ3) is 3.21. The highest BCUT2D eigenvalue weighted by atomic mass is 32.2. The topological polar surface area (TPSA) is 83.5 Å². The van der Waals surface area contributed by atoms with Crippen molar-refractivity contribution in [1.82, 2.24) is 4.72 Å². The van der Waals surface area contributed by atoms with E-state index in [1.54, 1.807) is 13.8 Å². The minimum Gasteiger partial charge on any atom is -0.478 e. The van der Waals surface area contributed by atoms with Gasteiger partial charge in [0.25, 0.3) is 0 Å². The lowest BCUT2D eigenvalue weighted by Gasteiger charge is -2.26. The molecule has 21 heavy (non-hydrogen) atoms. The number of rotatable bonds is 5. The molecule has 0 aliphatic heterocycles. The van der Waals surface area contributed by atoms with Gasteiger partial charge in [-0.1, -0.05) is 0 Å². The number of aromatic carboxylic acids is 1. The minimum atomic E-state index is -4.36. The molecular weight excluding hydrogens is 304 g/mol. The predicted molar refractivity (Wildman–Crippen MR) is 70.4 cm³/mol. The lowest BCUT2D eigenvalue weighted by atomic mass is 10.0. The first-order chi connectivity index (χ1) is 9.54. The highest BCUT2D eigenvalue weighted by Crippen LogP contribution is 2.40. The number of carboxylic acids is 1. The van der Waals surface area contributed by atoms with Gasteiger partial charge >= 0.3 is 5.97 Å². The van der Waals surface area contributed by atoms with E-state index in [-0.39, 0.29) is 5.92 Å². The van der Waals surface area contributed by atoms with E-state index in [9.17, 15) is 22.0 Å². The number of halogens is 2. The van der Waals surface area contributed by atoms with Crippen LogP contribution in [0.1, 0.15) is 37.0 Å². The van der Waals surface area contributed by atoms with Gasteiger partial charge in [-0.25, -0.2) is 26.7 Å².